The van der Waals surface area contributed by atoms with Crippen LogP contribution in [0.5, 0.6) is 5.75 Å². The van der Waals surface area contributed by atoms with E-state index in [1.54, 1.807) is 30.5 Å². The van der Waals surface area contributed by atoms with Crippen LogP contribution in [0.1, 0.15) is 26.7 Å². The monoisotopic (exact) mass is 421 g/mol. The Balaban J connectivity index is 1.67. The Kier molecular flexibility index (Phi) is 7.16. The highest BCUT2D eigenvalue weighted by Crippen LogP contribution is 2.21. The van der Waals surface area contributed by atoms with Gasteiger partial charge < -0.3 is 19.9 Å². The zero-order valence-corrected chi connectivity index (χ0v) is 17.6. The summed E-state index contributed by atoms with van der Waals surface area (Å²) in [5.41, 5.74) is 0.422. The minimum Gasteiger partial charge on any atom is -0.493 e. The van der Waals surface area contributed by atoms with Crippen molar-refractivity contribution in [3.63, 3.8) is 0 Å². The SMILES string of the molecule is CC(C)(CO)COc1ccc(-n2ncc(NC[C@H]3CCCOC3)c(Cl)c2=O)cc1. The van der Waals surface area contributed by atoms with Crippen LogP contribution in [0, 0.1) is 11.3 Å². The fourth-order valence-electron chi connectivity index (χ4n) is 2.97. The number of aliphatic hydroxyl groups excluding tert-OH is 1. The standard InChI is InChI=1S/C21H28ClN3O4/c1-21(2,13-26)14-29-17-7-5-16(6-8-17)25-20(27)19(22)18(11-24-25)23-10-15-4-3-9-28-12-15/h5-8,11,15,23,26H,3-4,9-10,12-14H2,1-2H3/t15-/m1/s1. The molecule has 0 radical (unpaired) electrons. The minimum absolute atomic E-state index is 0.0387. The van der Waals surface area contributed by atoms with Gasteiger partial charge in [-0.3, -0.25) is 4.79 Å². The molecule has 158 valence electrons. The summed E-state index contributed by atoms with van der Waals surface area (Å²) in [6, 6.07) is 7.02. The molecule has 0 unspecified atom stereocenters. The lowest BCUT2D eigenvalue weighted by molar-refractivity contribution is 0.0595. The van der Waals surface area contributed by atoms with Crippen molar-refractivity contribution in [3.05, 3.63) is 45.8 Å². The van der Waals surface area contributed by atoms with Gasteiger partial charge in [-0.1, -0.05) is 25.4 Å². The molecule has 1 aromatic heterocycles. The molecule has 0 spiro atoms. The third-order valence-corrected chi connectivity index (χ3v) is 5.26. The van der Waals surface area contributed by atoms with Crippen molar-refractivity contribution < 1.29 is 14.6 Å². The Morgan fingerprint density at radius 1 is 1.38 bits per heavy atom. The molecule has 1 aliphatic rings. The summed E-state index contributed by atoms with van der Waals surface area (Å²) in [6.45, 7) is 6.50. The summed E-state index contributed by atoms with van der Waals surface area (Å²) < 4.78 is 12.4. The van der Waals surface area contributed by atoms with Gasteiger partial charge in [0.2, 0.25) is 0 Å². The molecule has 3 rings (SSSR count). The van der Waals surface area contributed by atoms with Gasteiger partial charge in [0.25, 0.3) is 5.56 Å². The highest BCUT2D eigenvalue weighted by atomic mass is 35.5. The Morgan fingerprint density at radius 3 is 2.79 bits per heavy atom. The number of aliphatic hydroxyl groups is 1. The number of rotatable bonds is 8. The highest BCUT2D eigenvalue weighted by Gasteiger charge is 2.18. The molecule has 2 N–H and O–H groups in total. The fourth-order valence-corrected chi connectivity index (χ4v) is 3.17. The van der Waals surface area contributed by atoms with E-state index in [1.165, 1.54) is 4.68 Å². The number of nitrogens with zero attached hydrogens (tertiary/aromatic N) is 2. The second-order valence-corrected chi connectivity index (χ2v) is 8.54. The number of aromatic nitrogens is 2. The molecule has 7 nitrogen and oxygen atoms in total. The summed E-state index contributed by atoms with van der Waals surface area (Å²) in [6.07, 6.45) is 3.72. The Labute approximate surface area is 175 Å². The molecule has 0 aliphatic carbocycles. The molecule has 0 bridgehead atoms. The van der Waals surface area contributed by atoms with E-state index in [2.05, 4.69) is 10.4 Å². The topological polar surface area (TPSA) is 85.6 Å². The molecule has 1 aliphatic heterocycles. The van der Waals surface area contributed by atoms with Crippen LogP contribution in [0.4, 0.5) is 5.69 Å². The molecule has 1 saturated heterocycles. The molecule has 1 atom stereocenters. The molecular formula is C21H28ClN3O4. The quantitative estimate of drug-likeness (QED) is 0.681. The van der Waals surface area contributed by atoms with Crippen molar-refractivity contribution in [2.45, 2.75) is 26.7 Å². The second kappa shape index (κ2) is 9.61. The molecule has 1 aromatic carbocycles. The van der Waals surface area contributed by atoms with Crippen LogP contribution in [0.2, 0.25) is 5.02 Å². The Morgan fingerprint density at radius 2 is 2.14 bits per heavy atom. The van der Waals surface area contributed by atoms with E-state index in [0.717, 1.165) is 26.1 Å². The summed E-state index contributed by atoms with van der Waals surface area (Å²) in [5, 5.41) is 16.9. The molecule has 0 amide bonds. The third kappa shape index (κ3) is 5.72. The molecule has 29 heavy (non-hydrogen) atoms. The van der Waals surface area contributed by atoms with Gasteiger partial charge in [0.05, 0.1) is 37.4 Å². The predicted molar refractivity (Wildman–Crippen MR) is 113 cm³/mol. The van der Waals surface area contributed by atoms with Crippen LogP contribution in [0.3, 0.4) is 0 Å². The number of benzene rings is 1. The van der Waals surface area contributed by atoms with Crippen molar-refractivity contribution in [3.8, 4) is 11.4 Å². The summed E-state index contributed by atoms with van der Waals surface area (Å²) >= 11 is 6.30. The van der Waals surface area contributed by atoms with Crippen LogP contribution >= 0.6 is 11.6 Å². The van der Waals surface area contributed by atoms with E-state index >= 15 is 0 Å². The van der Waals surface area contributed by atoms with Crippen molar-refractivity contribution in [2.24, 2.45) is 11.3 Å². The van der Waals surface area contributed by atoms with E-state index in [-0.39, 0.29) is 22.6 Å². The van der Waals surface area contributed by atoms with E-state index < -0.39 is 0 Å². The summed E-state index contributed by atoms with van der Waals surface area (Å²) in [4.78, 5) is 12.7. The number of nitrogens with one attached hydrogen (secondary N) is 1. The van der Waals surface area contributed by atoms with Crippen molar-refractivity contribution in [1.29, 1.82) is 0 Å². The van der Waals surface area contributed by atoms with E-state index in [1.807, 2.05) is 13.8 Å². The minimum atomic E-state index is -0.383. The van der Waals surface area contributed by atoms with Crippen LogP contribution in [-0.2, 0) is 4.74 Å². The van der Waals surface area contributed by atoms with Crippen molar-refractivity contribution in [2.75, 3.05) is 38.3 Å². The van der Waals surface area contributed by atoms with Gasteiger partial charge in [-0.25, -0.2) is 0 Å². The maximum atomic E-state index is 12.7. The predicted octanol–water partition coefficient (Wildman–Crippen LogP) is 3.12. The van der Waals surface area contributed by atoms with Gasteiger partial charge in [0.1, 0.15) is 10.8 Å². The van der Waals surface area contributed by atoms with E-state index in [0.29, 0.717) is 36.2 Å². The zero-order valence-electron chi connectivity index (χ0n) is 16.9. The molecule has 8 heteroatoms. The summed E-state index contributed by atoms with van der Waals surface area (Å²) in [5.74, 6) is 1.06. The van der Waals surface area contributed by atoms with Gasteiger partial charge in [-0.2, -0.15) is 9.78 Å². The first-order valence-corrected chi connectivity index (χ1v) is 10.2. The van der Waals surface area contributed by atoms with Crippen LogP contribution in [0.25, 0.3) is 5.69 Å². The third-order valence-electron chi connectivity index (χ3n) is 4.89. The maximum Gasteiger partial charge on any atom is 0.292 e. The molecular weight excluding hydrogens is 394 g/mol. The normalized spacial score (nSPS) is 17.2. The average molecular weight is 422 g/mol. The van der Waals surface area contributed by atoms with Gasteiger partial charge in [-0.05, 0) is 43.0 Å². The van der Waals surface area contributed by atoms with Gasteiger partial charge in [0, 0.05) is 18.6 Å². The first-order valence-electron chi connectivity index (χ1n) is 9.83. The van der Waals surface area contributed by atoms with Crippen molar-refractivity contribution >= 4 is 17.3 Å². The zero-order chi connectivity index (χ0) is 20.9. The Hall–Kier alpha value is -2.09. The number of anilines is 1. The molecule has 2 heterocycles. The van der Waals surface area contributed by atoms with Gasteiger partial charge in [-0.15, -0.1) is 0 Å². The number of hydrogen-bond acceptors (Lipinski definition) is 6. The average Bonchev–Trinajstić information content (AvgIpc) is 2.75. The number of ether oxygens (including phenoxy) is 2. The first kappa shape index (κ1) is 21.6. The molecule has 1 fully saturated rings. The van der Waals surface area contributed by atoms with Crippen LogP contribution < -0.4 is 15.6 Å². The smallest absolute Gasteiger partial charge is 0.292 e. The van der Waals surface area contributed by atoms with E-state index in [4.69, 9.17) is 21.1 Å². The van der Waals surface area contributed by atoms with E-state index in [9.17, 15) is 9.90 Å². The lowest BCUT2D eigenvalue weighted by atomic mass is 9.97. The largest absolute Gasteiger partial charge is 0.493 e. The van der Waals surface area contributed by atoms with Crippen molar-refractivity contribution in [1.82, 2.24) is 9.78 Å². The summed E-state index contributed by atoms with van der Waals surface area (Å²) in [7, 11) is 0. The maximum absolute atomic E-state index is 12.7. The Bertz CT molecular complexity index is 861. The lowest BCUT2D eigenvalue weighted by Gasteiger charge is -2.22. The first-order chi connectivity index (χ1) is 13.9. The number of hydrogen-bond donors (Lipinski definition) is 2. The fraction of sp³-hybridized carbons (Fsp3) is 0.524. The second-order valence-electron chi connectivity index (χ2n) is 8.16. The van der Waals surface area contributed by atoms with Gasteiger partial charge in [0.15, 0.2) is 0 Å². The highest BCUT2D eigenvalue weighted by molar-refractivity contribution is 6.32. The molecule has 2 aromatic rings. The van der Waals surface area contributed by atoms with Crippen LogP contribution in [-0.4, -0.2) is 47.9 Å². The lowest BCUT2D eigenvalue weighted by Crippen LogP contribution is -2.27. The molecule has 0 saturated carbocycles. The number of halogens is 1. The van der Waals surface area contributed by atoms with Crippen LogP contribution in [0.15, 0.2) is 35.3 Å². The van der Waals surface area contributed by atoms with Gasteiger partial charge >= 0.3 is 0 Å².